The van der Waals surface area contributed by atoms with Crippen molar-refractivity contribution in [2.75, 3.05) is 7.11 Å². The monoisotopic (exact) mass is 470 g/mol. The maximum Gasteiger partial charge on any atom is 0.309 e. The first-order valence-corrected chi connectivity index (χ1v) is 14.2. The van der Waals surface area contributed by atoms with E-state index in [2.05, 4.69) is 48.1 Å². The van der Waals surface area contributed by atoms with Gasteiger partial charge in [0.05, 0.1) is 11.5 Å². The molecule has 0 saturated heterocycles. The minimum Gasteiger partial charge on any atom is -0.481 e. The van der Waals surface area contributed by atoms with Crippen molar-refractivity contribution in [2.24, 2.45) is 56.7 Å². The Morgan fingerprint density at radius 2 is 1.56 bits per heavy atom. The van der Waals surface area contributed by atoms with Gasteiger partial charge in [-0.05, 0) is 122 Å². The summed E-state index contributed by atoms with van der Waals surface area (Å²) in [6.07, 6.45) is 11.7. The molecular formula is C31H50O3. The van der Waals surface area contributed by atoms with Crippen LogP contribution in [0, 0.1) is 56.7 Å². The second-order valence-electron chi connectivity index (χ2n) is 14.7. The molecule has 6 unspecified atom stereocenters. The van der Waals surface area contributed by atoms with Crippen LogP contribution in [0.3, 0.4) is 0 Å². The summed E-state index contributed by atoms with van der Waals surface area (Å²) < 4.78 is 6.02. The summed E-state index contributed by atoms with van der Waals surface area (Å²) in [7, 11) is 1.91. The number of fused-ring (bicyclic) bond motifs is 7. The van der Waals surface area contributed by atoms with Gasteiger partial charge < -0.3 is 9.84 Å². The Bertz CT molecular complexity index is 876. The minimum atomic E-state index is -0.522. The van der Waals surface area contributed by atoms with Crippen LogP contribution < -0.4 is 0 Å². The fraction of sp³-hybridized carbons (Fsp3) is 0.903. The molecule has 10 atom stereocenters. The molecule has 192 valence electrons. The van der Waals surface area contributed by atoms with E-state index in [-0.39, 0.29) is 22.2 Å². The topological polar surface area (TPSA) is 46.5 Å². The molecule has 0 aliphatic heterocycles. The van der Waals surface area contributed by atoms with Crippen LogP contribution in [0.25, 0.3) is 0 Å². The van der Waals surface area contributed by atoms with Crippen LogP contribution in [0.2, 0.25) is 0 Å². The average molecular weight is 471 g/mol. The van der Waals surface area contributed by atoms with E-state index in [9.17, 15) is 9.90 Å². The molecule has 5 fully saturated rings. The van der Waals surface area contributed by atoms with Gasteiger partial charge >= 0.3 is 5.97 Å². The lowest BCUT2D eigenvalue weighted by Gasteiger charge is -2.72. The van der Waals surface area contributed by atoms with Crippen molar-refractivity contribution in [3.8, 4) is 0 Å². The Morgan fingerprint density at radius 1 is 0.853 bits per heavy atom. The van der Waals surface area contributed by atoms with E-state index in [1.807, 2.05) is 7.11 Å². The molecule has 0 aromatic carbocycles. The quantitative estimate of drug-likeness (QED) is 0.429. The van der Waals surface area contributed by atoms with Gasteiger partial charge in [0.15, 0.2) is 0 Å². The maximum atomic E-state index is 12.8. The second kappa shape index (κ2) is 7.59. The second-order valence-corrected chi connectivity index (χ2v) is 14.7. The number of carbonyl (C=O) groups is 1. The Hall–Kier alpha value is -0.830. The van der Waals surface area contributed by atoms with Crippen LogP contribution in [-0.2, 0) is 9.53 Å². The van der Waals surface area contributed by atoms with Crippen molar-refractivity contribution >= 4 is 5.97 Å². The minimum absolute atomic E-state index is 0.211. The van der Waals surface area contributed by atoms with Gasteiger partial charge in [-0.25, -0.2) is 0 Å². The highest BCUT2D eigenvalue weighted by molar-refractivity contribution is 5.76. The number of aliphatic carboxylic acids is 1. The molecule has 5 aliphatic rings. The first-order valence-electron chi connectivity index (χ1n) is 14.2. The molecular weight excluding hydrogens is 420 g/mol. The zero-order valence-corrected chi connectivity index (χ0v) is 23.0. The summed E-state index contributed by atoms with van der Waals surface area (Å²) in [6.45, 7) is 19.3. The van der Waals surface area contributed by atoms with Gasteiger partial charge in [-0.2, -0.15) is 0 Å². The SMILES string of the molecule is C=C(C)[C@@H]1CCC2(C(=O)O)CC[C@]3(C)C(CCC4[C@@]5(C)CCC(OC)C(C)(C)C5CC[C@]43C)C12. The zero-order chi connectivity index (χ0) is 24.9. The number of methoxy groups -OCH3 is 1. The Balaban J connectivity index is 1.55. The lowest BCUT2D eigenvalue weighted by Crippen LogP contribution is -2.67. The number of allylic oxidation sites excluding steroid dienone is 1. The number of hydrogen-bond acceptors (Lipinski definition) is 2. The summed E-state index contributed by atoms with van der Waals surface area (Å²) in [5.74, 6) is 2.05. The van der Waals surface area contributed by atoms with Crippen LogP contribution in [-0.4, -0.2) is 24.3 Å². The summed E-state index contributed by atoms with van der Waals surface area (Å²) in [6, 6.07) is 0. The molecule has 0 spiro atoms. The van der Waals surface area contributed by atoms with Crippen molar-refractivity contribution < 1.29 is 14.6 Å². The predicted molar refractivity (Wildman–Crippen MR) is 137 cm³/mol. The summed E-state index contributed by atoms with van der Waals surface area (Å²) in [5.41, 5.74) is 1.76. The highest BCUT2D eigenvalue weighted by Gasteiger charge is 2.72. The van der Waals surface area contributed by atoms with Crippen molar-refractivity contribution in [1.29, 1.82) is 0 Å². The predicted octanol–water partition coefficient (Wildman–Crippen LogP) is 7.74. The maximum absolute atomic E-state index is 12.8. The molecule has 1 N–H and O–H groups in total. The van der Waals surface area contributed by atoms with Crippen LogP contribution >= 0.6 is 0 Å². The van der Waals surface area contributed by atoms with E-state index in [1.165, 1.54) is 44.1 Å². The van der Waals surface area contributed by atoms with Gasteiger partial charge in [0.25, 0.3) is 0 Å². The van der Waals surface area contributed by atoms with Gasteiger partial charge in [-0.15, -0.1) is 0 Å². The first kappa shape index (κ1) is 24.8. The molecule has 0 heterocycles. The normalized spacial score (nSPS) is 53.7. The van der Waals surface area contributed by atoms with Crippen LogP contribution in [0.1, 0.15) is 106 Å². The third kappa shape index (κ3) is 2.83. The van der Waals surface area contributed by atoms with Crippen molar-refractivity contribution in [1.82, 2.24) is 0 Å². The van der Waals surface area contributed by atoms with E-state index in [4.69, 9.17) is 4.74 Å². The molecule has 3 nitrogen and oxygen atoms in total. The smallest absolute Gasteiger partial charge is 0.309 e. The summed E-state index contributed by atoms with van der Waals surface area (Å²) in [5, 5.41) is 10.5. The summed E-state index contributed by atoms with van der Waals surface area (Å²) in [4.78, 5) is 12.8. The van der Waals surface area contributed by atoms with Gasteiger partial charge in [0, 0.05) is 7.11 Å². The fourth-order valence-corrected chi connectivity index (χ4v) is 11.9. The van der Waals surface area contributed by atoms with Gasteiger partial charge in [0.2, 0.25) is 0 Å². The Kier molecular flexibility index (Phi) is 5.55. The number of rotatable bonds is 3. The van der Waals surface area contributed by atoms with Gasteiger partial charge in [-0.3, -0.25) is 4.79 Å². The van der Waals surface area contributed by atoms with E-state index in [0.29, 0.717) is 29.3 Å². The van der Waals surface area contributed by atoms with Gasteiger partial charge in [-0.1, -0.05) is 46.8 Å². The van der Waals surface area contributed by atoms with Crippen LogP contribution in [0.4, 0.5) is 0 Å². The van der Waals surface area contributed by atoms with E-state index >= 15 is 0 Å². The molecule has 0 aromatic heterocycles. The number of carboxylic acid groups (broad SMARTS) is 1. The molecule has 0 aromatic rings. The lowest BCUT2D eigenvalue weighted by molar-refractivity contribution is -0.249. The van der Waals surface area contributed by atoms with Crippen LogP contribution in [0.5, 0.6) is 0 Å². The fourth-order valence-electron chi connectivity index (χ4n) is 11.9. The Labute approximate surface area is 208 Å². The van der Waals surface area contributed by atoms with Gasteiger partial charge in [0.1, 0.15) is 0 Å². The third-order valence-electron chi connectivity index (χ3n) is 13.7. The van der Waals surface area contributed by atoms with Crippen molar-refractivity contribution in [3.63, 3.8) is 0 Å². The van der Waals surface area contributed by atoms with Crippen molar-refractivity contribution in [2.45, 2.75) is 112 Å². The molecule has 5 aliphatic carbocycles. The Morgan fingerprint density at radius 3 is 2.18 bits per heavy atom. The first-order chi connectivity index (χ1) is 15.8. The highest BCUT2D eigenvalue weighted by Crippen LogP contribution is 2.77. The van der Waals surface area contributed by atoms with Crippen LogP contribution in [0.15, 0.2) is 12.2 Å². The number of ether oxygens (including phenoxy) is 1. The lowest BCUT2D eigenvalue weighted by atomic mass is 9.32. The van der Waals surface area contributed by atoms with E-state index in [1.54, 1.807) is 0 Å². The standard InChI is InChI=1S/C31H50O3/c1-19(2)20-11-16-31(26(32)33)18-17-29(6)21(25(20)31)9-10-23-28(5)14-13-24(34-8)27(3,4)22(28)12-15-30(23,29)7/h20-25H,1,9-18H2,2-8H3,(H,32,33)/t20-,21?,22?,23?,24?,25?,28-,29+,30+,31?/m0/s1. The van der Waals surface area contributed by atoms with Crippen molar-refractivity contribution in [3.05, 3.63) is 12.2 Å². The molecule has 5 rings (SSSR count). The molecule has 0 bridgehead atoms. The zero-order valence-electron chi connectivity index (χ0n) is 23.0. The molecule has 0 radical (unpaired) electrons. The van der Waals surface area contributed by atoms with E-state index in [0.717, 1.165) is 31.6 Å². The summed E-state index contributed by atoms with van der Waals surface area (Å²) >= 11 is 0. The largest absolute Gasteiger partial charge is 0.481 e. The molecule has 5 saturated carbocycles. The molecule has 0 amide bonds. The molecule has 34 heavy (non-hydrogen) atoms. The highest BCUT2D eigenvalue weighted by atomic mass is 16.5. The third-order valence-corrected chi connectivity index (χ3v) is 13.7. The molecule has 3 heteroatoms. The average Bonchev–Trinajstić information content (AvgIpc) is 3.15. The number of carboxylic acids is 1. The van der Waals surface area contributed by atoms with E-state index < -0.39 is 11.4 Å². The number of hydrogen-bond donors (Lipinski definition) is 1.